The molecule has 1 fully saturated rings. The van der Waals surface area contributed by atoms with Crippen molar-refractivity contribution in [2.24, 2.45) is 10.9 Å². The van der Waals surface area contributed by atoms with Crippen LogP contribution in [0.2, 0.25) is 5.02 Å². The van der Waals surface area contributed by atoms with E-state index in [1.807, 2.05) is 43.4 Å². The molecule has 2 aromatic carbocycles. The van der Waals surface area contributed by atoms with E-state index in [9.17, 15) is 0 Å². The van der Waals surface area contributed by atoms with Crippen molar-refractivity contribution in [2.75, 3.05) is 33.3 Å². The molecule has 4 nitrogen and oxygen atoms in total. The molecule has 0 bridgehead atoms. The van der Waals surface area contributed by atoms with Crippen molar-refractivity contribution in [3.8, 4) is 0 Å². The quantitative estimate of drug-likeness (QED) is 0.578. The fourth-order valence-electron chi connectivity index (χ4n) is 3.42. The molecule has 1 unspecified atom stereocenters. The molecule has 0 radical (unpaired) electrons. The van der Waals surface area contributed by atoms with Crippen LogP contribution in [0.25, 0.3) is 0 Å². The predicted molar refractivity (Wildman–Crippen MR) is 112 cm³/mol. The number of aliphatic imine (C=N–C) groups is 1. The van der Waals surface area contributed by atoms with Gasteiger partial charge < -0.3 is 15.0 Å². The SMILES string of the molecule is CN=C(NCCc1ccccc1Cl)N1CCC(COCc2ccccc2)C1. The summed E-state index contributed by atoms with van der Waals surface area (Å²) in [5.41, 5.74) is 2.39. The minimum atomic E-state index is 0.552. The molecule has 144 valence electrons. The van der Waals surface area contributed by atoms with Gasteiger partial charge in [0.15, 0.2) is 5.96 Å². The lowest BCUT2D eigenvalue weighted by Crippen LogP contribution is -2.41. The minimum absolute atomic E-state index is 0.552. The maximum absolute atomic E-state index is 6.23. The van der Waals surface area contributed by atoms with Gasteiger partial charge in [-0.2, -0.15) is 0 Å². The Kier molecular flexibility index (Phi) is 7.55. The summed E-state index contributed by atoms with van der Waals surface area (Å²) in [5.74, 6) is 1.52. The number of ether oxygens (including phenoxy) is 1. The summed E-state index contributed by atoms with van der Waals surface area (Å²) >= 11 is 6.23. The molecule has 5 heteroatoms. The zero-order valence-corrected chi connectivity index (χ0v) is 16.7. The Bertz CT molecular complexity index is 735. The highest BCUT2D eigenvalue weighted by Gasteiger charge is 2.24. The van der Waals surface area contributed by atoms with Gasteiger partial charge in [0.05, 0.1) is 13.2 Å². The smallest absolute Gasteiger partial charge is 0.193 e. The molecule has 0 aliphatic carbocycles. The minimum Gasteiger partial charge on any atom is -0.376 e. The van der Waals surface area contributed by atoms with Crippen LogP contribution < -0.4 is 5.32 Å². The van der Waals surface area contributed by atoms with Crippen molar-refractivity contribution in [2.45, 2.75) is 19.4 Å². The van der Waals surface area contributed by atoms with Crippen LogP contribution >= 0.6 is 11.6 Å². The lowest BCUT2D eigenvalue weighted by atomic mass is 10.1. The fourth-order valence-corrected chi connectivity index (χ4v) is 3.65. The summed E-state index contributed by atoms with van der Waals surface area (Å²) in [4.78, 5) is 6.77. The van der Waals surface area contributed by atoms with Crippen molar-refractivity contribution in [3.05, 3.63) is 70.7 Å². The Hall–Kier alpha value is -2.04. The maximum atomic E-state index is 6.23. The van der Waals surface area contributed by atoms with Crippen molar-refractivity contribution < 1.29 is 4.74 Å². The van der Waals surface area contributed by atoms with Gasteiger partial charge in [-0.3, -0.25) is 4.99 Å². The first-order valence-corrected chi connectivity index (χ1v) is 9.94. The molecule has 27 heavy (non-hydrogen) atoms. The van der Waals surface area contributed by atoms with Gasteiger partial charge in [0.25, 0.3) is 0 Å². The molecular formula is C22H28ClN3O. The Balaban J connectivity index is 1.39. The molecule has 0 aromatic heterocycles. The zero-order chi connectivity index (χ0) is 18.9. The van der Waals surface area contributed by atoms with Gasteiger partial charge in [0, 0.05) is 37.6 Å². The van der Waals surface area contributed by atoms with E-state index in [-0.39, 0.29) is 0 Å². The topological polar surface area (TPSA) is 36.9 Å². The monoisotopic (exact) mass is 385 g/mol. The molecule has 1 N–H and O–H groups in total. The van der Waals surface area contributed by atoms with Crippen LogP contribution in [0.5, 0.6) is 0 Å². The molecule has 1 aliphatic heterocycles. The van der Waals surface area contributed by atoms with Crippen LogP contribution in [0, 0.1) is 5.92 Å². The van der Waals surface area contributed by atoms with Gasteiger partial charge in [-0.25, -0.2) is 0 Å². The third kappa shape index (κ3) is 5.98. The third-order valence-corrected chi connectivity index (χ3v) is 5.27. The van der Waals surface area contributed by atoms with E-state index >= 15 is 0 Å². The van der Waals surface area contributed by atoms with Gasteiger partial charge in [-0.15, -0.1) is 0 Å². The lowest BCUT2D eigenvalue weighted by molar-refractivity contribution is 0.0907. The first kappa shape index (κ1) is 19.7. The number of likely N-dealkylation sites (tertiary alicyclic amines) is 1. The van der Waals surface area contributed by atoms with E-state index in [4.69, 9.17) is 16.3 Å². The highest BCUT2D eigenvalue weighted by atomic mass is 35.5. The Labute approximate surface area is 167 Å². The summed E-state index contributed by atoms with van der Waals surface area (Å²) in [6, 6.07) is 18.3. The molecule has 1 aliphatic rings. The highest BCUT2D eigenvalue weighted by Crippen LogP contribution is 2.18. The second kappa shape index (κ2) is 10.3. The number of rotatable bonds is 7. The number of hydrogen-bond acceptors (Lipinski definition) is 2. The van der Waals surface area contributed by atoms with E-state index in [0.29, 0.717) is 12.5 Å². The molecule has 0 spiro atoms. The zero-order valence-electron chi connectivity index (χ0n) is 15.9. The summed E-state index contributed by atoms with van der Waals surface area (Å²) in [5, 5.41) is 4.29. The number of guanidine groups is 1. The van der Waals surface area contributed by atoms with Gasteiger partial charge in [-0.05, 0) is 30.0 Å². The number of benzene rings is 2. The molecule has 1 saturated heterocycles. The second-order valence-electron chi connectivity index (χ2n) is 6.92. The third-order valence-electron chi connectivity index (χ3n) is 4.90. The van der Waals surface area contributed by atoms with E-state index in [2.05, 4.69) is 33.4 Å². The molecule has 3 rings (SSSR count). The average molecular weight is 386 g/mol. The van der Waals surface area contributed by atoms with E-state index < -0.39 is 0 Å². The summed E-state index contributed by atoms with van der Waals surface area (Å²) in [7, 11) is 1.84. The Morgan fingerprint density at radius 2 is 1.96 bits per heavy atom. The normalized spacial score (nSPS) is 17.3. The second-order valence-corrected chi connectivity index (χ2v) is 7.32. The first-order chi connectivity index (χ1) is 13.3. The highest BCUT2D eigenvalue weighted by molar-refractivity contribution is 6.31. The van der Waals surface area contributed by atoms with Crippen LogP contribution in [-0.4, -0.2) is 44.1 Å². The Morgan fingerprint density at radius 3 is 2.74 bits per heavy atom. The summed E-state index contributed by atoms with van der Waals surface area (Å²) in [6.45, 7) is 4.30. The lowest BCUT2D eigenvalue weighted by Gasteiger charge is -2.22. The molecular weight excluding hydrogens is 358 g/mol. The first-order valence-electron chi connectivity index (χ1n) is 9.57. The van der Waals surface area contributed by atoms with Crippen molar-refractivity contribution in [1.29, 1.82) is 0 Å². The van der Waals surface area contributed by atoms with Crippen molar-refractivity contribution in [3.63, 3.8) is 0 Å². The number of hydrogen-bond donors (Lipinski definition) is 1. The van der Waals surface area contributed by atoms with Crippen LogP contribution in [0.3, 0.4) is 0 Å². The van der Waals surface area contributed by atoms with E-state index in [0.717, 1.165) is 55.6 Å². The largest absolute Gasteiger partial charge is 0.376 e. The fraction of sp³-hybridized carbons (Fsp3) is 0.409. The summed E-state index contributed by atoms with van der Waals surface area (Å²) in [6.07, 6.45) is 2.02. The van der Waals surface area contributed by atoms with Gasteiger partial charge in [-0.1, -0.05) is 60.1 Å². The maximum Gasteiger partial charge on any atom is 0.193 e. The molecule has 0 amide bonds. The number of nitrogens with zero attached hydrogens (tertiary/aromatic N) is 2. The standard InChI is InChI=1S/C22H28ClN3O/c1-24-22(25-13-11-20-9-5-6-10-21(20)23)26-14-12-19(15-26)17-27-16-18-7-3-2-4-8-18/h2-10,19H,11-17H2,1H3,(H,24,25). The van der Waals surface area contributed by atoms with Crippen molar-refractivity contribution in [1.82, 2.24) is 10.2 Å². The van der Waals surface area contributed by atoms with Gasteiger partial charge >= 0.3 is 0 Å². The van der Waals surface area contributed by atoms with E-state index in [1.54, 1.807) is 0 Å². The number of nitrogens with one attached hydrogen (secondary N) is 1. The van der Waals surface area contributed by atoms with Crippen LogP contribution in [0.15, 0.2) is 59.6 Å². The van der Waals surface area contributed by atoms with Crippen LogP contribution in [-0.2, 0) is 17.8 Å². The van der Waals surface area contributed by atoms with Gasteiger partial charge in [0.2, 0.25) is 0 Å². The molecule has 2 aromatic rings. The average Bonchev–Trinajstić information content (AvgIpc) is 3.16. The van der Waals surface area contributed by atoms with Gasteiger partial charge in [0.1, 0.15) is 0 Å². The van der Waals surface area contributed by atoms with E-state index in [1.165, 1.54) is 5.56 Å². The number of halogens is 1. The van der Waals surface area contributed by atoms with Crippen molar-refractivity contribution >= 4 is 17.6 Å². The molecule has 1 atom stereocenters. The summed E-state index contributed by atoms with van der Waals surface area (Å²) < 4.78 is 5.92. The van der Waals surface area contributed by atoms with Crippen LogP contribution in [0.1, 0.15) is 17.5 Å². The molecule has 1 heterocycles. The Morgan fingerprint density at radius 1 is 1.19 bits per heavy atom. The predicted octanol–water partition coefficient (Wildman–Crippen LogP) is 4.00. The molecule has 0 saturated carbocycles. The van der Waals surface area contributed by atoms with Crippen LogP contribution in [0.4, 0.5) is 0 Å².